The van der Waals surface area contributed by atoms with E-state index in [0.717, 1.165) is 18.5 Å². The van der Waals surface area contributed by atoms with Crippen LogP contribution in [0.2, 0.25) is 0 Å². The molecule has 54 valence electrons. The van der Waals surface area contributed by atoms with Crippen molar-refractivity contribution < 1.29 is 9.63 Å². The van der Waals surface area contributed by atoms with Crippen molar-refractivity contribution in [3.8, 4) is 0 Å². The summed E-state index contributed by atoms with van der Waals surface area (Å²) in [5.74, 6) is 0. The lowest BCUT2D eigenvalue weighted by Crippen LogP contribution is -2.10. The van der Waals surface area contributed by atoms with Gasteiger partial charge in [-0.05, 0) is 12.8 Å². The number of hydrogen-bond donors (Lipinski definition) is 1. The average Bonchev–Trinajstić information content (AvgIpc) is 2.47. The molecule has 1 aliphatic rings. The molecule has 0 bridgehead atoms. The summed E-state index contributed by atoms with van der Waals surface area (Å²) in [5, 5.41) is 13.1. The molecule has 1 saturated carbocycles. The summed E-state index contributed by atoms with van der Waals surface area (Å²) in [5.41, 5.74) is 0.400. The van der Waals surface area contributed by atoms with Gasteiger partial charge in [0, 0.05) is 12.5 Å². The predicted octanol–water partition coefficient (Wildman–Crippen LogP) is 0.742. The predicted molar refractivity (Wildman–Crippen MR) is 34.4 cm³/mol. The Hall–Kier alpha value is -0.830. The highest BCUT2D eigenvalue weighted by atomic mass is 16.5. The number of hydrogen-bond acceptors (Lipinski definition) is 3. The molecule has 0 radical (unpaired) electrons. The van der Waals surface area contributed by atoms with Crippen LogP contribution in [-0.2, 0) is 6.42 Å². The zero-order chi connectivity index (χ0) is 7.03. The molecule has 1 heterocycles. The molecule has 1 fully saturated rings. The summed E-state index contributed by atoms with van der Waals surface area (Å²) >= 11 is 0. The average molecular weight is 139 g/mol. The molecule has 0 unspecified atom stereocenters. The summed E-state index contributed by atoms with van der Waals surface area (Å²) in [6.07, 6.45) is 3.98. The monoisotopic (exact) mass is 139 g/mol. The second-order valence-corrected chi connectivity index (χ2v) is 2.89. The molecular formula is C7H9NO2. The molecule has 0 spiro atoms. The minimum absolute atomic E-state index is 0.448. The Morgan fingerprint density at radius 2 is 2.50 bits per heavy atom. The normalized spacial score (nSPS) is 20.9. The fourth-order valence-electron chi connectivity index (χ4n) is 0.987. The van der Waals surface area contributed by atoms with Crippen LogP contribution in [0.25, 0.3) is 0 Å². The van der Waals surface area contributed by atoms with Crippen LogP contribution >= 0.6 is 0 Å². The van der Waals surface area contributed by atoms with E-state index < -0.39 is 5.60 Å². The topological polar surface area (TPSA) is 46.3 Å². The third-order valence-electron chi connectivity index (χ3n) is 1.83. The van der Waals surface area contributed by atoms with Gasteiger partial charge in [-0.15, -0.1) is 0 Å². The first kappa shape index (κ1) is 5.92. The lowest BCUT2D eigenvalue weighted by atomic mass is 10.2. The van der Waals surface area contributed by atoms with Crippen molar-refractivity contribution >= 4 is 0 Å². The highest BCUT2D eigenvalue weighted by Gasteiger charge is 2.40. The molecule has 1 aliphatic carbocycles. The molecule has 0 aromatic carbocycles. The van der Waals surface area contributed by atoms with Gasteiger partial charge < -0.3 is 9.63 Å². The van der Waals surface area contributed by atoms with Gasteiger partial charge in [-0.1, -0.05) is 5.16 Å². The van der Waals surface area contributed by atoms with Crippen molar-refractivity contribution in [1.82, 2.24) is 5.16 Å². The molecular weight excluding hydrogens is 130 g/mol. The van der Waals surface area contributed by atoms with Gasteiger partial charge >= 0.3 is 0 Å². The van der Waals surface area contributed by atoms with Crippen LogP contribution in [0.4, 0.5) is 0 Å². The van der Waals surface area contributed by atoms with Crippen LogP contribution in [0.5, 0.6) is 0 Å². The molecule has 2 rings (SSSR count). The van der Waals surface area contributed by atoms with Gasteiger partial charge in [0.2, 0.25) is 0 Å². The Kier molecular flexibility index (Phi) is 1.08. The van der Waals surface area contributed by atoms with E-state index in [1.165, 1.54) is 6.26 Å². The molecule has 1 aromatic heterocycles. The van der Waals surface area contributed by atoms with Gasteiger partial charge in [0.05, 0.1) is 11.3 Å². The lowest BCUT2D eigenvalue weighted by molar-refractivity contribution is 0.148. The second-order valence-electron chi connectivity index (χ2n) is 2.89. The number of aromatic nitrogens is 1. The van der Waals surface area contributed by atoms with Gasteiger partial charge in [-0.3, -0.25) is 0 Å². The van der Waals surface area contributed by atoms with E-state index in [1.54, 1.807) is 6.07 Å². The molecule has 0 aliphatic heterocycles. The maximum absolute atomic E-state index is 9.42. The zero-order valence-electron chi connectivity index (χ0n) is 5.58. The Bertz CT molecular complexity index is 214. The van der Waals surface area contributed by atoms with E-state index in [4.69, 9.17) is 0 Å². The van der Waals surface area contributed by atoms with Gasteiger partial charge in [0.1, 0.15) is 6.26 Å². The van der Waals surface area contributed by atoms with Gasteiger partial charge in [0.15, 0.2) is 0 Å². The summed E-state index contributed by atoms with van der Waals surface area (Å²) in [6.45, 7) is 0. The first-order valence-corrected chi connectivity index (χ1v) is 3.40. The Balaban J connectivity index is 2.04. The van der Waals surface area contributed by atoms with Crippen molar-refractivity contribution in [3.05, 3.63) is 18.0 Å². The quantitative estimate of drug-likeness (QED) is 0.657. The maximum atomic E-state index is 9.42. The first-order valence-electron chi connectivity index (χ1n) is 3.40. The lowest BCUT2D eigenvalue weighted by Gasteiger charge is -2.01. The number of nitrogens with zero attached hydrogens (tertiary/aromatic N) is 1. The van der Waals surface area contributed by atoms with Crippen molar-refractivity contribution in [2.24, 2.45) is 0 Å². The number of rotatable bonds is 2. The fourth-order valence-corrected chi connectivity index (χ4v) is 0.987. The molecule has 0 saturated heterocycles. The van der Waals surface area contributed by atoms with Crippen LogP contribution in [-0.4, -0.2) is 15.9 Å². The maximum Gasteiger partial charge on any atom is 0.124 e. The van der Waals surface area contributed by atoms with E-state index in [0.29, 0.717) is 6.42 Å². The van der Waals surface area contributed by atoms with Crippen LogP contribution in [0.3, 0.4) is 0 Å². The fraction of sp³-hybridized carbons (Fsp3) is 0.571. The molecule has 0 amide bonds. The Morgan fingerprint density at radius 1 is 1.70 bits per heavy atom. The summed E-state index contributed by atoms with van der Waals surface area (Å²) in [6, 6.07) is 1.79. The summed E-state index contributed by atoms with van der Waals surface area (Å²) in [7, 11) is 0. The second kappa shape index (κ2) is 1.83. The van der Waals surface area contributed by atoms with E-state index in [2.05, 4.69) is 9.68 Å². The van der Waals surface area contributed by atoms with Crippen LogP contribution in [0.1, 0.15) is 18.5 Å². The zero-order valence-corrected chi connectivity index (χ0v) is 5.58. The first-order chi connectivity index (χ1) is 4.79. The van der Waals surface area contributed by atoms with Crippen LogP contribution in [0.15, 0.2) is 16.9 Å². The number of aliphatic hydroxyl groups is 1. The molecule has 1 N–H and O–H groups in total. The minimum Gasteiger partial charge on any atom is -0.389 e. The standard InChI is InChI=1S/C7H9NO2/c9-7(2-3-7)5-6-1-4-10-8-6/h1,4,9H,2-3,5H2. The van der Waals surface area contributed by atoms with E-state index in [-0.39, 0.29) is 0 Å². The third-order valence-corrected chi connectivity index (χ3v) is 1.83. The largest absolute Gasteiger partial charge is 0.389 e. The summed E-state index contributed by atoms with van der Waals surface area (Å²) < 4.78 is 4.63. The van der Waals surface area contributed by atoms with Crippen LogP contribution in [0, 0.1) is 0 Å². The molecule has 10 heavy (non-hydrogen) atoms. The Labute approximate surface area is 58.6 Å². The van der Waals surface area contributed by atoms with Gasteiger partial charge in [0.25, 0.3) is 0 Å². The van der Waals surface area contributed by atoms with Crippen molar-refractivity contribution in [3.63, 3.8) is 0 Å². The van der Waals surface area contributed by atoms with Gasteiger partial charge in [-0.25, -0.2) is 0 Å². The molecule has 3 nitrogen and oxygen atoms in total. The smallest absolute Gasteiger partial charge is 0.124 e. The molecule has 0 atom stereocenters. The van der Waals surface area contributed by atoms with E-state index in [1.807, 2.05) is 0 Å². The molecule has 1 aromatic rings. The van der Waals surface area contributed by atoms with Crippen molar-refractivity contribution in [2.45, 2.75) is 24.9 Å². The summed E-state index contributed by atoms with van der Waals surface area (Å²) in [4.78, 5) is 0. The van der Waals surface area contributed by atoms with Crippen molar-refractivity contribution in [2.75, 3.05) is 0 Å². The van der Waals surface area contributed by atoms with Crippen molar-refractivity contribution in [1.29, 1.82) is 0 Å². The SMILES string of the molecule is OC1(Cc2ccon2)CC1. The highest BCUT2D eigenvalue weighted by Crippen LogP contribution is 2.37. The highest BCUT2D eigenvalue weighted by molar-refractivity contribution is 5.07. The minimum atomic E-state index is -0.448. The van der Waals surface area contributed by atoms with Gasteiger partial charge in [-0.2, -0.15) is 0 Å². The molecule has 3 heteroatoms. The van der Waals surface area contributed by atoms with Crippen LogP contribution < -0.4 is 0 Å². The van der Waals surface area contributed by atoms with E-state index >= 15 is 0 Å². The Morgan fingerprint density at radius 3 is 3.00 bits per heavy atom. The third kappa shape index (κ3) is 1.04. The van der Waals surface area contributed by atoms with E-state index in [9.17, 15) is 5.11 Å².